The highest BCUT2D eigenvalue weighted by Gasteiger charge is 2.50. The van der Waals surface area contributed by atoms with E-state index in [4.69, 9.17) is 5.11 Å². The van der Waals surface area contributed by atoms with Crippen LogP contribution < -0.4 is 10.6 Å². The largest absolute Gasteiger partial charge is 0.410 e. The molecule has 2 aliphatic carbocycles. The van der Waals surface area contributed by atoms with E-state index in [-0.39, 0.29) is 43.0 Å². The van der Waals surface area contributed by atoms with E-state index in [9.17, 15) is 27.2 Å². The van der Waals surface area contributed by atoms with Crippen molar-refractivity contribution in [2.75, 3.05) is 26.2 Å². The summed E-state index contributed by atoms with van der Waals surface area (Å²) in [5, 5.41) is 15.5. The minimum absolute atomic E-state index is 0.0100. The Labute approximate surface area is 197 Å². The van der Waals surface area contributed by atoms with Crippen LogP contribution in [0.1, 0.15) is 51.9 Å². The molecule has 7 nitrogen and oxygen atoms in total. The molecule has 0 spiro atoms. The molecule has 2 amide bonds. The van der Waals surface area contributed by atoms with Gasteiger partial charge in [-0.2, -0.15) is 13.2 Å². The first-order chi connectivity index (χ1) is 16.1. The van der Waals surface area contributed by atoms with Gasteiger partial charge in [-0.05, 0) is 50.9 Å². The van der Waals surface area contributed by atoms with Gasteiger partial charge in [0.15, 0.2) is 0 Å². The molecule has 4 rings (SSSR count). The van der Waals surface area contributed by atoms with E-state index in [0.29, 0.717) is 31.7 Å². The Bertz CT molecular complexity index is 736. The molecular weight excluding hydrogens is 456 g/mol. The Hall–Kier alpha value is -1.46. The van der Waals surface area contributed by atoms with E-state index in [1.807, 2.05) is 0 Å². The summed E-state index contributed by atoms with van der Waals surface area (Å²) in [5.41, 5.74) is 0. The van der Waals surface area contributed by atoms with Gasteiger partial charge >= 0.3 is 6.18 Å². The zero-order chi connectivity index (χ0) is 24.6. The number of nitrogens with zero attached hydrogens (tertiary/aromatic N) is 2. The topological polar surface area (TPSA) is 84.9 Å². The number of nitrogens with one attached hydrogen (secondary N) is 2. The number of piperazine rings is 1. The van der Waals surface area contributed by atoms with E-state index in [2.05, 4.69) is 17.6 Å². The molecule has 11 heteroatoms. The number of halogens is 4. The lowest BCUT2D eigenvalue weighted by Crippen LogP contribution is -2.63. The number of aliphatic hydroxyl groups excluding tert-OH is 1. The number of carbonyl (C=O) groups is 2. The van der Waals surface area contributed by atoms with Crippen LogP contribution in [-0.4, -0.2) is 95.5 Å². The molecular formula is C23H36F4N4O3. The van der Waals surface area contributed by atoms with Crippen LogP contribution in [0.15, 0.2) is 0 Å². The van der Waals surface area contributed by atoms with Crippen LogP contribution in [0.2, 0.25) is 0 Å². The van der Waals surface area contributed by atoms with Gasteiger partial charge in [-0.25, -0.2) is 4.39 Å². The minimum Gasteiger partial charge on any atom is -0.387 e. The molecule has 8 atom stereocenters. The van der Waals surface area contributed by atoms with Crippen molar-refractivity contribution in [1.82, 2.24) is 20.4 Å². The Morgan fingerprint density at radius 2 is 1.88 bits per heavy atom. The third-order valence-corrected chi connectivity index (χ3v) is 8.41. The van der Waals surface area contributed by atoms with Crippen molar-refractivity contribution in [3.63, 3.8) is 0 Å². The summed E-state index contributed by atoms with van der Waals surface area (Å²) >= 11 is 0. The quantitative estimate of drug-likeness (QED) is 0.520. The van der Waals surface area contributed by atoms with Gasteiger partial charge in [0.25, 0.3) is 0 Å². The summed E-state index contributed by atoms with van der Waals surface area (Å²) in [7, 11) is 0. The van der Waals surface area contributed by atoms with Gasteiger partial charge in [0, 0.05) is 43.7 Å². The maximum Gasteiger partial charge on any atom is 0.410 e. The minimum atomic E-state index is -4.58. The monoisotopic (exact) mass is 492 g/mol. The standard InChI is InChI=1S/C23H36F4N4O3/c1-13-5-6-17(24)16-10-18(29-21(13)16)22(34)28-14-3-2-4-15(9-14)30-7-8-31(20(33)12-32)19(11-30)23(25,26)27/h13-19,21,29,32H,2-12H2,1H3,(H,28,34)/t13?,14-,15+,16?,17?,18?,19-,21?/m1/s1. The van der Waals surface area contributed by atoms with Gasteiger partial charge in [-0.3, -0.25) is 14.5 Å². The van der Waals surface area contributed by atoms with Gasteiger partial charge in [-0.1, -0.05) is 6.92 Å². The van der Waals surface area contributed by atoms with E-state index in [1.54, 1.807) is 4.90 Å². The third kappa shape index (κ3) is 5.36. The van der Waals surface area contributed by atoms with Crippen LogP contribution in [0.4, 0.5) is 17.6 Å². The first-order valence-electron chi connectivity index (χ1n) is 12.5. The molecule has 2 saturated carbocycles. The van der Waals surface area contributed by atoms with Crippen LogP contribution in [0.25, 0.3) is 0 Å². The predicted octanol–water partition coefficient (Wildman–Crippen LogP) is 1.60. The lowest BCUT2D eigenvalue weighted by atomic mass is 9.77. The van der Waals surface area contributed by atoms with Crippen molar-refractivity contribution in [2.24, 2.45) is 11.8 Å². The average Bonchev–Trinajstić information content (AvgIpc) is 3.27. The van der Waals surface area contributed by atoms with Crippen molar-refractivity contribution in [1.29, 1.82) is 0 Å². The SMILES string of the molecule is CC1CCC(F)C2CC(C(=O)N[C@@H]3CCC[C@H](N4CCN(C(=O)CO)[C@@H](C(F)(F)F)C4)C3)NC12. The van der Waals surface area contributed by atoms with Crippen molar-refractivity contribution in [3.8, 4) is 0 Å². The lowest BCUT2D eigenvalue weighted by molar-refractivity contribution is -0.204. The predicted molar refractivity (Wildman–Crippen MR) is 117 cm³/mol. The van der Waals surface area contributed by atoms with Crippen molar-refractivity contribution >= 4 is 11.8 Å². The Kier molecular flexibility index (Phi) is 7.74. The summed E-state index contributed by atoms with van der Waals surface area (Å²) in [6.45, 7) is 1.03. The number of hydrogen-bond acceptors (Lipinski definition) is 5. The number of amides is 2. The molecule has 0 radical (unpaired) electrons. The molecule has 4 aliphatic rings. The average molecular weight is 493 g/mol. The van der Waals surface area contributed by atoms with Gasteiger partial charge in [0.05, 0.1) is 6.04 Å². The molecule has 2 saturated heterocycles. The summed E-state index contributed by atoms with van der Waals surface area (Å²) in [5.74, 6) is -0.876. The van der Waals surface area contributed by atoms with Crippen molar-refractivity contribution in [3.05, 3.63) is 0 Å². The second-order valence-electron chi connectivity index (χ2n) is 10.5. The molecule has 3 N–H and O–H groups in total. The molecule has 0 aromatic carbocycles. The maximum absolute atomic E-state index is 14.4. The van der Waals surface area contributed by atoms with Crippen LogP contribution in [0, 0.1) is 11.8 Å². The fraction of sp³-hybridized carbons (Fsp3) is 0.913. The number of fused-ring (bicyclic) bond motifs is 1. The van der Waals surface area contributed by atoms with Crippen LogP contribution in [0.5, 0.6) is 0 Å². The fourth-order valence-corrected chi connectivity index (χ4v) is 6.53. The zero-order valence-corrected chi connectivity index (χ0v) is 19.6. The summed E-state index contributed by atoms with van der Waals surface area (Å²) in [4.78, 5) is 27.3. The molecule has 0 aromatic heterocycles. The summed E-state index contributed by atoms with van der Waals surface area (Å²) in [6, 6.07) is -2.63. The Morgan fingerprint density at radius 1 is 1.12 bits per heavy atom. The molecule has 4 fully saturated rings. The van der Waals surface area contributed by atoms with Gasteiger partial charge < -0.3 is 20.6 Å². The van der Waals surface area contributed by atoms with E-state index in [0.717, 1.165) is 30.6 Å². The van der Waals surface area contributed by atoms with E-state index >= 15 is 0 Å². The molecule has 5 unspecified atom stereocenters. The molecule has 0 bridgehead atoms. The smallest absolute Gasteiger partial charge is 0.387 e. The van der Waals surface area contributed by atoms with Crippen LogP contribution >= 0.6 is 0 Å². The Morgan fingerprint density at radius 3 is 2.56 bits per heavy atom. The molecule has 194 valence electrons. The van der Waals surface area contributed by atoms with E-state index < -0.39 is 36.9 Å². The second-order valence-corrected chi connectivity index (χ2v) is 10.5. The van der Waals surface area contributed by atoms with Crippen LogP contribution in [-0.2, 0) is 9.59 Å². The van der Waals surface area contributed by atoms with Crippen molar-refractivity contribution < 1.29 is 32.3 Å². The lowest BCUT2D eigenvalue weighted by Gasteiger charge is -2.46. The highest BCUT2D eigenvalue weighted by Crippen LogP contribution is 2.39. The van der Waals surface area contributed by atoms with Crippen LogP contribution in [0.3, 0.4) is 0 Å². The van der Waals surface area contributed by atoms with E-state index in [1.165, 1.54) is 0 Å². The molecule has 2 heterocycles. The number of alkyl halides is 4. The molecule has 2 aliphatic heterocycles. The zero-order valence-electron chi connectivity index (χ0n) is 19.6. The number of aliphatic hydroxyl groups is 1. The number of carbonyl (C=O) groups excluding carboxylic acids is 2. The van der Waals surface area contributed by atoms with Crippen molar-refractivity contribution in [2.45, 2.75) is 94.4 Å². The first-order valence-corrected chi connectivity index (χ1v) is 12.5. The summed E-state index contributed by atoms with van der Waals surface area (Å²) in [6.07, 6.45) is -0.811. The van der Waals surface area contributed by atoms with Gasteiger partial charge in [0.2, 0.25) is 11.8 Å². The van der Waals surface area contributed by atoms with Gasteiger partial charge in [0.1, 0.15) is 18.8 Å². The first kappa shape index (κ1) is 25.6. The normalized spacial score (nSPS) is 39.5. The highest BCUT2D eigenvalue weighted by atomic mass is 19.4. The molecule has 0 aromatic rings. The second kappa shape index (κ2) is 10.3. The van der Waals surface area contributed by atoms with Gasteiger partial charge in [-0.15, -0.1) is 0 Å². The summed E-state index contributed by atoms with van der Waals surface area (Å²) < 4.78 is 55.3. The number of rotatable bonds is 4. The highest BCUT2D eigenvalue weighted by molar-refractivity contribution is 5.82. The molecule has 34 heavy (non-hydrogen) atoms. The Balaban J connectivity index is 1.34. The maximum atomic E-state index is 14.4. The third-order valence-electron chi connectivity index (χ3n) is 8.41. The number of hydrogen-bond donors (Lipinski definition) is 3. The fourth-order valence-electron chi connectivity index (χ4n) is 6.53.